The Bertz CT molecular complexity index is 595. The maximum absolute atomic E-state index is 13.2. The van der Waals surface area contributed by atoms with Crippen molar-refractivity contribution in [2.24, 2.45) is 5.73 Å². The van der Waals surface area contributed by atoms with E-state index < -0.39 is 0 Å². The van der Waals surface area contributed by atoms with Gasteiger partial charge in [-0.1, -0.05) is 24.3 Å². The van der Waals surface area contributed by atoms with Crippen molar-refractivity contribution in [1.29, 1.82) is 0 Å². The fourth-order valence-electron chi connectivity index (χ4n) is 2.72. The van der Waals surface area contributed by atoms with Crippen molar-refractivity contribution in [1.82, 2.24) is 0 Å². The van der Waals surface area contributed by atoms with Gasteiger partial charge in [-0.3, -0.25) is 0 Å². The zero-order valence-electron chi connectivity index (χ0n) is 10.8. The van der Waals surface area contributed by atoms with Crippen LogP contribution in [0, 0.1) is 5.82 Å². The Balaban J connectivity index is 1.87. The lowest BCUT2D eigenvalue weighted by atomic mass is 10.1. The summed E-state index contributed by atoms with van der Waals surface area (Å²) in [6.45, 7) is 2.19. The second kappa shape index (κ2) is 5.02. The van der Waals surface area contributed by atoms with Crippen LogP contribution in [-0.2, 0) is 19.5 Å². The quantitative estimate of drug-likeness (QED) is 0.915. The highest BCUT2D eigenvalue weighted by atomic mass is 19.1. The topological polar surface area (TPSA) is 29.3 Å². The summed E-state index contributed by atoms with van der Waals surface area (Å²) in [7, 11) is 0. The third-order valence-corrected chi connectivity index (χ3v) is 3.73. The summed E-state index contributed by atoms with van der Waals surface area (Å²) in [5.74, 6) is -0.217. The van der Waals surface area contributed by atoms with Crippen LogP contribution in [0.2, 0.25) is 0 Å². The lowest BCUT2D eigenvalue weighted by Crippen LogP contribution is -2.21. The van der Waals surface area contributed by atoms with Crippen LogP contribution in [-0.4, -0.2) is 6.54 Å². The molecule has 3 rings (SSSR count). The van der Waals surface area contributed by atoms with E-state index in [1.165, 1.54) is 23.4 Å². The number of hydrogen-bond donors (Lipinski definition) is 1. The molecule has 0 fully saturated rings. The first-order valence-corrected chi connectivity index (χ1v) is 6.58. The molecular formula is C16H17FN2. The van der Waals surface area contributed by atoms with E-state index in [-0.39, 0.29) is 5.82 Å². The van der Waals surface area contributed by atoms with Gasteiger partial charge in [0.15, 0.2) is 0 Å². The summed E-state index contributed by atoms with van der Waals surface area (Å²) in [6, 6.07) is 13.3. The maximum atomic E-state index is 13.2. The van der Waals surface area contributed by atoms with Crippen LogP contribution < -0.4 is 10.6 Å². The number of nitrogens with two attached hydrogens (primary N) is 1. The molecule has 0 bridgehead atoms. The molecule has 2 aromatic carbocycles. The smallest absolute Gasteiger partial charge is 0.123 e. The highest BCUT2D eigenvalue weighted by molar-refractivity contribution is 5.58. The molecule has 19 heavy (non-hydrogen) atoms. The van der Waals surface area contributed by atoms with Crippen LogP contribution in [0.5, 0.6) is 0 Å². The summed E-state index contributed by atoms with van der Waals surface area (Å²) in [6.07, 6.45) is 1.08. The predicted molar refractivity (Wildman–Crippen MR) is 75.5 cm³/mol. The van der Waals surface area contributed by atoms with Gasteiger partial charge in [-0.15, -0.1) is 0 Å². The third kappa shape index (κ3) is 2.34. The van der Waals surface area contributed by atoms with Gasteiger partial charge in [0.1, 0.15) is 5.82 Å². The molecule has 1 aliphatic heterocycles. The van der Waals surface area contributed by atoms with E-state index in [0.717, 1.165) is 30.6 Å². The van der Waals surface area contributed by atoms with Crippen LogP contribution in [0.25, 0.3) is 0 Å². The van der Waals surface area contributed by atoms with Crippen LogP contribution in [0.1, 0.15) is 16.7 Å². The lowest BCUT2D eigenvalue weighted by molar-refractivity contribution is 0.623. The predicted octanol–water partition coefficient (Wildman–Crippen LogP) is 2.85. The van der Waals surface area contributed by atoms with Gasteiger partial charge in [0.25, 0.3) is 0 Å². The molecule has 1 aliphatic rings. The van der Waals surface area contributed by atoms with Gasteiger partial charge in [-0.2, -0.15) is 0 Å². The third-order valence-electron chi connectivity index (χ3n) is 3.73. The summed E-state index contributed by atoms with van der Waals surface area (Å²) in [4.78, 5) is 2.34. The Labute approximate surface area is 112 Å². The van der Waals surface area contributed by atoms with Crippen molar-refractivity contribution in [3.8, 4) is 0 Å². The molecule has 0 spiro atoms. The Hall–Kier alpha value is -1.87. The molecule has 0 radical (unpaired) electrons. The Morgan fingerprint density at radius 2 is 1.95 bits per heavy atom. The van der Waals surface area contributed by atoms with Gasteiger partial charge in [-0.25, -0.2) is 4.39 Å². The molecule has 0 aliphatic carbocycles. The van der Waals surface area contributed by atoms with Crippen molar-refractivity contribution in [3.05, 3.63) is 65.0 Å². The fourth-order valence-corrected chi connectivity index (χ4v) is 2.72. The molecule has 0 aromatic heterocycles. The second-order valence-electron chi connectivity index (χ2n) is 4.92. The maximum Gasteiger partial charge on any atom is 0.123 e. The number of nitrogens with zero attached hydrogens (tertiary/aromatic N) is 1. The van der Waals surface area contributed by atoms with Gasteiger partial charge >= 0.3 is 0 Å². The molecule has 0 unspecified atom stereocenters. The molecule has 2 nitrogen and oxygen atoms in total. The van der Waals surface area contributed by atoms with Crippen molar-refractivity contribution in [2.45, 2.75) is 19.5 Å². The number of halogens is 1. The Morgan fingerprint density at radius 3 is 2.79 bits per heavy atom. The number of fused-ring (bicyclic) bond motifs is 1. The van der Waals surface area contributed by atoms with E-state index in [1.54, 1.807) is 0 Å². The Kier molecular flexibility index (Phi) is 3.22. The van der Waals surface area contributed by atoms with Crippen LogP contribution in [0.3, 0.4) is 0 Å². The standard InChI is InChI=1S/C16H17FN2/c17-15-6-5-13(14(9-15)10-18)11-19-8-7-12-3-1-2-4-16(12)19/h1-6,9H,7-8,10-11,18H2. The zero-order valence-corrected chi connectivity index (χ0v) is 10.8. The van der Waals surface area contributed by atoms with E-state index in [2.05, 4.69) is 29.2 Å². The van der Waals surface area contributed by atoms with Gasteiger partial charge in [0.05, 0.1) is 0 Å². The van der Waals surface area contributed by atoms with Crippen LogP contribution in [0.15, 0.2) is 42.5 Å². The monoisotopic (exact) mass is 256 g/mol. The van der Waals surface area contributed by atoms with E-state index >= 15 is 0 Å². The largest absolute Gasteiger partial charge is 0.367 e. The molecule has 0 saturated carbocycles. The molecule has 1 heterocycles. The average molecular weight is 256 g/mol. The first-order chi connectivity index (χ1) is 9.28. The van der Waals surface area contributed by atoms with E-state index in [9.17, 15) is 4.39 Å². The number of benzene rings is 2. The van der Waals surface area contributed by atoms with Gasteiger partial charge in [0, 0.05) is 25.3 Å². The van der Waals surface area contributed by atoms with Gasteiger partial charge < -0.3 is 10.6 Å². The van der Waals surface area contributed by atoms with E-state index in [1.807, 2.05) is 6.07 Å². The molecule has 98 valence electrons. The van der Waals surface area contributed by atoms with Crippen molar-refractivity contribution in [3.63, 3.8) is 0 Å². The number of anilines is 1. The Morgan fingerprint density at radius 1 is 1.11 bits per heavy atom. The van der Waals surface area contributed by atoms with E-state index in [0.29, 0.717) is 6.54 Å². The summed E-state index contributed by atoms with van der Waals surface area (Å²) < 4.78 is 13.2. The summed E-state index contributed by atoms with van der Waals surface area (Å²) in [5, 5.41) is 0. The SMILES string of the molecule is NCc1cc(F)ccc1CN1CCc2ccccc21. The minimum atomic E-state index is -0.217. The molecular weight excluding hydrogens is 239 g/mol. The van der Waals surface area contributed by atoms with Gasteiger partial charge in [0.2, 0.25) is 0 Å². The normalized spacial score (nSPS) is 13.7. The number of para-hydroxylation sites is 1. The molecule has 2 aromatic rings. The second-order valence-corrected chi connectivity index (χ2v) is 4.92. The van der Waals surface area contributed by atoms with E-state index in [4.69, 9.17) is 5.73 Å². The number of hydrogen-bond acceptors (Lipinski definition) is 2. The lowest BCUT2D eigenvalue weighted by Gasteiger charge is -2.21. The zero-order chi connectivity index (χ0) is 13.2. The summed E-state index contributed by atoms with van der Waals surface area (Å²) >= 11 is 0. The minimum Gasteiger partial charge on any atom is -0.367 e. The molecule has 0 saturated heterocycles. The van der Waals surface area contributed by atoms with Crippen molar-refractivity contribution < 1.29 is 4.39 Å². The van der Waals surface area contributed by atoms with Crippen LogP contribution >= 0.6 is 0 Å². The fraction of sp³-hybridized carbons (Fsp3) is 0.250. The van der Waals surface area contributed by atoms with Gasteiger partial charge in [-0.05, 0) is 41.3 Å². The average Bonchev–Trinajstić information content (AvgIpc) is 2.84. The molecule has 2 N–H and O–H groups in total. The molecule has 3 heteroatoms. The summed E-state index contributed by atoms with van der Waals surface area (Å²) in [5.41, 5.74) is 10.4. The van der Waals surface area contributed by atoms with Crippen LogP contribution in [0.4, 0.5) is 10.1 Å². The molecule has 0 amide bonds. The highest BCUT2D eigenvalue weighted by Crippen LogP contribution is 2.29. The molecule has 0 atom stereocenters. The van der Waals surface area contributed by atoms with Crippen molar-refractivity contribution >= 4 is 5.69 Å². The number of rotatable bonds is 3. The first kappa shape index (κ1) is 12.2. The highest BCUT2D eigenvalue weighted by Gasteiger charge is 2.19. The van der Waals surface area contributed by atoms with Crippen molar-refractivity contribution in [2.75, 3.05) is 11.4 Å². The first-order valence-electron chi connectivity index (χ1n) is 6.58. The minimum absolute atomic E-state index is 0.217.